The summed E-state index contributed by atoms with van der Waals surface area (Å²) in [6.45, 7) is 7.09. The number of nitrogens with zero attached hydrogens (tertiary/aromatic N) is 1. The largest absolute Gasteiger partial charge is 0.358 e. The van der Waals surface area contributed by atoms with Gasteiger partial charge in [0.15, 0.2) is 0 Å². The van der Waals surface area contributed by atoms with Gasteiger partial charge in [-0.15, -0.1) is 0 Å². The van der Waals surface area contributed by atoms with Crippen LogP contribution >= 0.6 is 0 Å². The zero-order valence-corrected chi connectivity index (χ0v) is 12.6. The summed E-state index contributed by atoms with van der Waals surface area (Å²) in [5.74, 6) is 0.834. The number of aryl methyl sites for hydroxylation is 2. The van der Waals surface area contributed by atoms with Gasteiger partial charge in [0.1, 0.15) is 0 Å². The van der Waals surface area contributed by atoms with Crippen LogP contribution < -0.4 is 5.32 Å². The maximum absolute atomic E-state index is 12.8. The van der Waals surface area contributed by atoms with Crippen molar-refractivity contribution in [3.8, 4) is 0 Å². The lowest BCUT2D eigenvalue weighted by Gasteiger charge is -2.23. The molecule has 0 saturated carbocycles. The number of amides is 1. The van der Waals surface area contributed by atoms with Gasteiger partial charge in [0.2, 0.25) is 0 Å². The quantitative estimate of drug-likeness (QED) is 0.843. The van der Waals surface area contributed by atoms with Crippen molar-refractivity contribution in [3.63, 3.8) is 0 Å². The van der Waals surface area contributed by atoms with Gasteiger partial charge in [0.25, 0.3) is 5.91 Å². The molecule has 2 fully saturated rings. The number of aromatic nitrogens is 1. The molecule has 4 nitrogen and oxygen atoms in total. The number of likely N-dealkylation sites (tertiary alicyclic amines) is 1. The van der Waals surface area contributed by atoms with E-state index in [9.17, 15) is 4.79 Å². The first-order valence-electron chi connectivity index (χ1n) is 7.76. The normalized spacial score (nSPS) is 24.8. The van der Waals surface area contributed by atoms with E-state index in [4.69, 9.17) is 0 Å². The Kier molecular flexibility index (Phi) is 2.82. The molecule has 2 aromatic rings. The summed E-state index contributed by atoms with van der Waals surface area (Å²) in [6.07, 6.45) is 1.13. The topological polar surface area (TPSA) is 48.1 Å². The minimum atomic E-state index is 0.186. The number of H-pyrrole nitrogens is 1. The Morgan fingerprint density at radius 1 is 1.29 bits per heavy atom. The molecule has 3 heterocycles. The second-order valence-electron chi connectivity index (χ2n) is 6.41. The molecule has 0 bridgehead atoms. The van der Waals surface area contributed by atoms with Crippen LogP contribution in [0.5, 0.6) is 0 Å². The zero-order chi connectivity index (χ0) is 14.6. The summed E-state index contributed by atoms with van der Waals surface area (Å²) in [5, 5.41) is 4.57. The van der Waals surface area contributed by atoms with Gasteiger partial charge >= 0.3 is 0 Å². The van der Waals surface area contributed by atoms with Gasteiger partial charge in [-0.25, -0.2) is 0 Å². The fourth-order valence-corrected chi connectivity index (χ4v) is 3.86. The third-order valence-electron chi connectivity index (χ3n) is 5.26. The van der Waals surface area contributed by atoms with Gasteiger partial charge in [0, 0.05) is 47.8 Å². The summed E-state index contributed by atoms with van der Waals surface area (Å²) in [4.78, 5) is 18.3. The van der Waals surface area contributed by atoms with Crippen LogP contribution in [0.15, 0.2) is 18.2 Å². The molecule has 2 aliphatic rings. The van der Waals surface area contributed by atoms with Crippen molar-refractivity contribution >= 4 is 16.8 Å². The van der Waals surface area contributed by atoms with Gasteiger partial charge < -0.3 is 15.2 Å². The summed E-state index contributed by atoms with van der Waals surface area (Å²) in [7, 11) is 0. The SMILES string of the molecule is Cc1[nH]c2ccc(C(=O)N3CC[C@H]4CNC[C@H]43)cc2c1C. The molecule has 0 radical (unpaired) electrons. The highest BCUT2D eigenvalue weighted by Crippen LogP contribution is 2.29. The molecule has 0 unspecified atom stereocenters. The molecule has 2 N–H and O–H groups in total. The summed E-state index contributed by atoms with van der Waals surface area (Å²) < 4.78 is 0. The van der Waals surface area contributed by atoms with Gasteiger partial charge in [0.05, 0.1) is 0 Å². The van der Waals surface area contributed by atoms with Gasteiger partial charge in [-0.1, -0.05) is 0 Å². The van der Waals surface area contributed by atoms with E-state index in [-0.39, 0.29) is 5.91 Å². The third kappa shape index (κ3) is 1.89. The summed E-state index contributed by atoms with van der Waals surface area (Å²) in [5.41, 5.74) is 4.35. The first kappa shape index (κ1) is 12.9. The summed E-state index contributed by atoms with van der Waals surface area (Å²) in [6, 6.07) is 6.42. The third-order valence-corrected chi connectivity index (χ3v) is 5.26. The van der Waals surface area contributed by atoms with Crippen LogP contribution in [-0.2, 0) is 0 Å². The van der Waals surface area contributed by atoms with Crippen molar-refractivity contribution in [2.75, 3.05) is 19.6 Å². The molecule has 0 aliphatic carbocycles. The molecule has 2 aliphatic heterocycles. The number of fused-ring (bicyclic) bond motifs is 2. The second kappa shape index (κ2) is 4.60. The molecule has 1 amide bonds. The lowest BCUT2D eigenvalue weighted by molar-refractivity contribution is 0.0737. The van der Waals surface area contributed by atoms with Crippen LogP contribution in [0.3, 0.4) is 0 Å². The summed E-state index contributed by atoms with van der Waals surface area (Å²) >= 11 is 0. The lowest BCUT2D eigenvalue weighted by Crippen LogP contribution is -2.39. The van der Waals surface area contributed by atoms with E-state index in [1.54, 1.807) is 0 Å². The van der Waals surface area contributed by atoms with Gasteiger partial charge in [-0.05, 0) is 49.9 Å². The number of hydrogen-bond acceptors (Lipinski definition) is 2. The van der Waals surface area contributed by atoms with Crippen LogP contribution in [0.25, 0.3) is 10.9 Å². The number of benzene rings is 1. The molecule has 1 aromatic carbocycles. The van der Waals surface area contributed by atoms with E-state index >= 15 is 0 Å². The minimum absolute atomic E-state index is 0.186. The Morgan fingerprint density at radius 3 is 3.00 bits per heavy atom. The van der Waals surface area contributed by atoms with Crippen LogP contribution in [-0.4, -0.2) is 41.5 Å². The lowest BCUT2D eigenvalue weighted by atomic mass is 10.0. The minimum Gasteiger partial charge on any atom is -0.358 e. The fourth-order valence-electron chi connectivity index (χ4n) is 3.86. The molecular formula is C17H21N3O. The van der Waals surface area contributed by atoms with Gasteiger partial charge in [-0.3, -0.25) is 4.79 Å². The van der Waals surface area contributed by atoms with E-state index in [1.165, 1.54) is 16.6 Å². The second-order valence-corrected chi connectivity index (χ2v) is 6.41. The van der Waals surface area contributed by atoms with Crippen LogP contribution in [0.2, 0.25) is 0 Å². The highest BCUT2D eigenvalue weighted by molar-refractivity contribution is 5.99. The van der Waals surface area contributed by atoms with Crippen molar-refractivity contribution in [2.45, 2.75) is 26.3 Å². The standard InChI is InChI=1S/C17H21N3O/c1-10-11(2)19-15-4-3-12(7-14(10)15)17(21)20-6-5-13-8-18-9-16(13)20/h3-4,7,13,16,18-19H,5-6,8-9H2,1-2H3/t13-,16+/m0/s1. The molecular weight excluding hydrogens is 262 g/mol. The van der Waals surface area contributed by atoms with Crippen molar-refractivity contribution in [1.29, 1.82) is 0 Å². The monoisotopic (exact) mass is 283 g/mol. The highest BCUT2D eigenvalue weighted by atomic mass is 16.2. The fraction of sp³-hybridized carbons (Fsp3) is 0.471. The van der Waals surface area contributed by atoms with Gasteiger partial charge in [-0.2, -0.15) is 0 Å². The van der Waals surface area contributed by atoms with E-state index in [0.717, 1.165) is 37.1 Å². The number of carbonyl (C=O) groups excluding carboxylic acids is 1. The number of aromatic amines is 1. The van der Waals surface area contributed by atoms with Crippen molar-refractivity contribution in [1.82, 2.24) is 15.2 Å². The molecule has 2 atom stereocenters. The Hall–Kier alpha value is -1.81. The Labute approximate surface area is 124 Å². The molecule has 4 heteroatoms. The zero-order valence-electron chi connectivity index (χ0n) is 12.6. The van der Waals surface area contributed by atoms with Crippen molar-refractivity contribution in [2.24, 2.45) is 5.92 Å². The maximum atomic E-state index is 12.8. The molecule has 21 heavy (non-hydrogen) atoms. The Balaban J connectivity index is 1.69. The van der Waals surface area contributed by atoms with Crippen LogP contribution in [0.4, 0.5) is 0 Å². The molecule has 4 rings (SSSR count). The average Bonchev–Trinajstić information content (AvgIpc) is 3.14. The van der Waals surface area contributed by atoms with Crippen LogP contribution in [0, 0.1) is 19.8 Å². The molecule has 1 aromatic heterocycles. The van der Waals surface area contributed by atoms with E-state index in [1.807, 2.05) is 18.2 Å². The molecule has 0 spiro atoms. The predicted octanol–water partition coefficient (Wildman–Crippen LogP) is 2.22. The first-order chi connectivity index (χ1) is 10.1. The number of nitrogens with one attached hydrogen (secondary N) is 2. The number of hydrogen-bond donors (Lipinski definition) is 2. The molecule has 110 valence electrons. The Bertz CT molecular complexity index is 718. The highest BCUT2D eigenvalue weighted by Gasteiger charge is 2.40. The number of rotatable bonds is 1. The van der Waals surface area contributed by atoms with Crippen LogP contribution in [0.1, 0.15) is 28.0 Å². The Morgan fingerprint density at radius 2 is 2.14 bits per heavy atom. The average molecular weight is 283 g/mol. The smallest absolute Gasteiger partial charge is 0.254 e. The van der Waals surface area contributed by atoms with E-state index in [0.29, 0.717) is 12.0 Å². The van der Waals surface area contributed by atoms with E-state index < -0.39 is 0 Å². The first-order valence-corrected chi connectivity index (χ1v) is 7.76. The van der Waals surface area contributed by atoms with Crippen molar-refractivity contribution in [3.05, 3.63) is 35.0 Å². The van der Waals surface area contributed by atoms with Crippen molar-refractivity contribution < 1.29 is 4.79 Å². The predicted molar refractivity (Wildman–Crippen MR) is 83.6 cm³/mol. The maximum Gasteiger partial charge on any atom is 0.254 e. The molecule has 2 saturated heterocycles. The number of carbonyl (C=O) groups is 1. The van der Waals surface area contributed by atoms with E-state index in [2.05, 4.69) is 29.0 Å².